The van der Waals surface area contributed by atoms with Crippen LogP contribution in [0.1, 0.15) is 12.1 Å². The van der Waals surface area contributed by atoms with Gasteiger partial charge in [-0.25, -0.2) is 14.4 Å². The summed E-state index contributed by atoms with van der Waals surface area (Å²) in [5.41, 5.74) is 0.338. The van der Waals surface area contributed by atoms with Gasteiger partial charge in [-0.2, -0.15) is 0 Å². The zero-order valence-electron chi connectivity index (χ0n) is 9.37. The first-order chi connectivity index (χ1) is 7.75. The molecule has 1 N–H and O–H groups in total. The van der Waals surface area contributed by atoms with Crippen LogP contribution in [0.15, 0.2) is 19.0 Å². The van der Waals surface area contributed by atoms with E-state index in [2.05, 4.69) is 21.9 Å². The summed E-state index contributed by atoms with van der Waals surface area (Å²) < 4.78 is 18.7. The highest BCUT2D eigenvalue weighted by molar-refractivity contribution is 5.36. The van der Waals surface area contributed by atoms with Crippen molar-refractivity contribution in [1.82, 2.24) is 9.97 Å². The van der Waals surface area contributed by atoms with Gasteiger partial charge >= 0.3 is 0 Å². The molecule has 1 rings (SSSR count). The molecule has 1 aromatic heterocycles. The second-order valence-electron chi connectivity index (χ2n) is 3.24. The summed E-state index contributed by atoms with van der Waals surface area (Å²) in [6.45, 7) is 6.85. The Balaban J connectivity index is 2.26. The molecule has 0 aliphatic heterocycles. The van der Waals surface area contributed by atoms with Crippen LogP contribution in [0, 0.1) is 12.7 Å². The van der Waals surface area contributed by atoms with E-state index in [-0.39, 0.29) is 5.82 Å². The molecule has 0 unspecified atom stereocenters. The van der Waals surface area contributed by atoms with Crippen molar-refractivity contribution in [2.75, 3.05) is 25.1 Å². The Morgan fingerprint density at radius 2 is 2.31 bits per heavy atom. The van der Waals surface area contributed by atoms with E-state index in [1.165, 1.54) is 6.33 Å². The molecule has 16 heavy (non-hydrogen) atoms. The summed E-state index contributed by atoms with van der Waals surface area (Å²) in [6.07, 6.45) is 3.95. The van der Waals surface area contributed by atoms with Crippen LogP contribution in [0.5, 0.6) is 0 Å². The van der Waals surface area contributed by atoms with Gasteiger partial charge in [0.15, 0.2) is 11.6 Å². The van der Waals surface area contributed by atoms with Gasteiger partial charge in [0.05, 0.1) is 18.9 Å². The molecular weight excluding hydrogens is 209 g/mol. The van der Waals surface area contributed by atoms with E-state index in [4.69, 9.17) is 4.74 Å². The fourth-order valence-electron chi connectivity index (χ4n) is 1.09. The molecule has 88 valence electrons. The van der Waals surface area contributed by atoms with E-state index in [0.717, 1.165) is 6.42 Å². The molecule has 0 aromatic carbocycles. The first-order valence-electron chi connectivity index (χ1n) is 5.15. The van der Waals surface area contributed by atoms with E-state index in [1.54, 1.807) is 13.0 Å². The second kappa shape index (κ2) is 6.90. The Labute approximate surface area is 94.6 Å². The summed E-state index contributed by atoms with van der Waals surface area (Å²) in [6, 6.07) is 0. The van der Waals surface area contributed by atoms with Crippen molar-refractivity contribution in [3.63, 3.8) is 0 Å². The zero-order valence-corrected chi connectivity index (χ0v) is 9.37. The molecule has 0 saturated carbocycles. The Morgan fingerprint density at radius 3 is 3.06 bits per heavy atom. The maximum atomic E-state index is 13.4. The quantitative estimate of drug-likeness (QED) is 0.569. The van der Waals surface area contributed by atoms with Crippen molar-refractivity contribution < 1.29 is 9.13 Å². The summed E-state index contributed by atoms with van der Waals surface area (Å²) in [5, 5.41) is 2.85. The van der Waals surface area contributed by atoms with E-state index in [0.29, 0.717) is 25.5 Å². The number of hydrogen-bond acceptors (Lipinski definition) is 4. The van der Waals surface area contributed by atoms with Crippen LogP contribution in [-0.4, -0.2) is 29.7 Å². The van der Waals surface area contributed by atoms with Crippen LogP contribution in [0.2, 0.25) is 0 Å². The molecular formula is C11H16FN3O. The van der Waals surface area contributed by atoms with Gasteiger partial charge in [-0.3, -0.25) is 0 Å². The molecule has 1 heterocycles. The molecule has 0 radical (unpaired) electrons. The lowest BCUT2D eigenvalue weighted by atomic mass is 10.4. The van der Waals surface area contributed by atoms with Crippen LogP contribution >= 0.6 is 0 Å². The number of halogens is 1. The van der Waals surface area contributed by atoms with Crippen molar-refractivity contribution >= 4 is 5.82 Å². The van der Waals surface area contributed by atoms with Gasteiger partial charge in [0.1, 0.15) is 6.33 Å². The first kappa shape index (κ1) is 12.6. The van der Waals surface area contributed by atoms with Gasteiger partial charge in [-0.15, -0.1) is 6.58 Å². The smallest absolute Gasteiger partial charge is 0.186 e. The van der Waals surface area contributed by atoms with Crippen LogP contribution in [0.4, 0.5) is 10.2 Å². The molecule has 0 bridgehead atoms. The third-order valence-corrected chi connectivity index (χ3v) is 1.97. The molecule has 0 aliphatic rings. The Hall–Kier alpha value is -1.49. The lowest BCUT2D eigenvalue weighted by Gasteiger charge is -2.07. The monoisotopic (exact) mass is 225 g/mol. The second-order valence-corrected chi connectivity index (χ2v) is 3.24. The van der Waals surface area contributed by atoms with Crippen LogP contribution in [0.25, 0.3) is 0 Å². The predicted octanol–water partition coefficient (Wildman–Crippen LogP) is 1.93. The van der Waals surface area contributed by atoms with Crippen LogP contribution < -0.4 is 5.32 Å². The molecule has 5 heteroatoms. The van der Waals surface area contributed by atoms with E-state index in [9.17, 15) is 4.39 Å². The average Bonchev–Trinajstić information content (AvgIpc) is 2.29. The highest BCUT2D eigenvalue weighted by Crippen LogP contribution is 2.10. The van der Waals surface area contributed by atoms with E-state index < -0.39 is 5.82 Å². The number of ether oxygens (including phenoxy) is 1. The largest absolute Gasteiger partial charge is 0.379 e. The van der Waals surface area contributed by atoms with Gasteiger partial charge < -0.3 is 10.1 Å². The standard InChI is InChI=1S/C11H16FN3O/c1-3-4-6-16-7-5-13-11-10(12)9(2)14-8-15-11/h3,8H,1,4-7H2,2H3,(H,13,14,15). The van der Waals surface area contributed by atoms with Gasteiger partial charge in [0.25, 0.3) is 0 Å². The molecule has 0 atom stereocenters. The van der Waals surface area contributed by atoms with E-state index >= 15 is 0 Å². The Morgan fingerprint density at radius 1 is 1.50 bits per heavy atom. The van der Waals surface area contributed by atoms with Crippen molar-refractivity contribution in [1.29, 1.82) is 0 Å². The summed E-state index contributed by atoms with van der Waals surface area (Å²) in [4.78, 5) is 7.54. The van der Waals surface area contributed by atoms with E-state index in [1.807, 2.05) is 0 Å². The zero-order chi connectivity index (χ0) is 11.8. The fraction of sp³-hybridized carbons (Fsp3) is 0.455. The first-order valence-corrected chi connectivity index (χ1v) is 5.15. The minimum absolute atomic E-state index is 0.222. The number of anilines is 1. The predicted molar refractivity (Wildman–Crippen MR) is 60.8 cm³/mol. The lowest BCUT2D eigenvalue weighted by Crippen LogP contribution is -2.12. The topological polar surface area (TPSA) is 47.0 Å². The highest BCUT2D eigenvalue weighted by atomic mass is 19.1. The third kappa shape index (κ3) is 3.94. The number of nitrogens with zero attached hydrogens (tertiary/aromatic N) is 2. The molecule has 0 spiro atoms. The van der Waals surface area contributed by atoms with Crippen molar-refractivity contribution in [2.24, 2.45) is 0 Å². The molecule has 1 aromatic rings. The number of aromatic nitrogens is 2. The minimum atomic E-state index is -0.409. The highest BCUT2D eigenvalue weighted by Gasteiger charge is 2.05. The lowest BCUT2D eigenvalue weighted by molar-refractivity contribution is 0.149. The Bertz CT molecular complexity index is 344. The average molecular weight is 225 g/mol. The van der Waals surface area contributed by atoms with Crippen molar-refractivity contribution in [3.8, 4) is 0 Å². The maximum Gasteiger partial charge on any atom is 0.186 e. The number of hydrogen-bond donors (Lipinski definition) is 1. The van der Waals surface area contributed by atoms with Crippen molar-refractivity contribution in [2.45, 2.75) is 13.3 Å². The van der Waals surface area contributed by atoms with Gasteiger partial charge in [-0.05, 0) is 13.3 Å². The molecule has 4 nitrogen and oxygen atoms in total. The number of aryl methyl sites for hydroxylation is 1. The van der Waals surface area contributed by atoms with Gasteiger partial charge in [0, 0.05) is 6.54 Å². The fourth-order valence-corrected chi connectivity index (χ4v) is 1.09. The molecule has 0 fully saturated rings. The normalized spacial score (nSPS) is 10.1. The summed E-state index contributed by atoms with van der Waals surface area (Å²) >= 11 is 0. The number of rotatable bonds is 7. The van der Waals surface area contributed by atoms with Crippen molar-refractivity contribution in [3.05, 3.63) is 30.5 Å². The SMILES string of the molecule is C=CCCOCCNc1ncnc(C)c1F. The molecule has 0 amide bonds. The number of nitrogens with one attached hydrogen (secondary N) is 1. The van der Waals surface area contributed by atoms with Crippen LogP contribution in [0.3, 0.4) is 0 Å². The molecule has 0 aliphatic carbocycles. The van der Waals surface area contributed by atoms with Gasteiger partial charge in [0.2, 0.25) is 0 Å². The summed E-state index contributed by atoms with van der Waals surface area (Å²) in [7, 11) is 0. The van der Waals surface area contributed by atoms with Gasteiger partial charge in [-0.1, -0.05) is 6.08 Å². The Kier molecular flexibility index (Phi) is 5.42. The minimum Gasteiger partial charge on any atom is -0.379 e. The third-order valence-electron chi connectivity index (χ3n) is 1.97. The van der Waals surface area contributed by atoms with Crippen LogP contribution in [-0.2, 0) is 4.74 Å². The summed E-state index contributed by atoms with van der Waals surface area (Å²) in [5.74, 6) is -0.187. The molecule has 0 saturated heterocycles. The maximum absolute atomic E-state index is 13.4.